The largest absolute Gasteiger partial charge is 0.355 e. The quantitative estimate of drug-likeness (QED) is 0.818. The lowest BCUT2D eigenvalue weighted by Gasteiger charge is -2.26. The van der Waals surface area contributed by atoms with Crippen molar-refractivity contribution in [1.29, 1.82) is 5.26 Å². The number of anilines is 1. The molecular formula is C13H18N6. The van der Waals surface area contributed by atoms with Crippen molar-refractivity contribution in [3.05, 3.63) is 18.1 Å². The minimum Gasteiger partial charge on any atom is -0.355 e. The van der Waals surface area contributed by atoms with Crippen LogP contribution in [0.15, 0.2) is 12.4 Å². The Bertz CT molecular complexity index is 595. The van der Waals surface area contributed by atoms with Crippen LogP contribution < -0.4 is 4.90 Å². The smallest absolute Gasteiger partial charge is 0.254 e. The van der Waals surface area contributed by atoms with Crippen molar-refractivity contribution in [3.63, 3.8) is 0 Å². The van der Waals surface area contributed by atoms with E-state index in [9.17, 15) is 0 Å². The number of hydrogen-bond acceptors (Lipinski definition) is 5. The second-order valence-electron chi connectivity index (χ2n) is 4.98. The fourth-order valence-electron chi connectivity index (χ4n) is 2.06. The first-order valence-electron chi connectivity index (χ1n) is 6.41. The highest BCUT2D eigenvalue weighted by atomic mass is 15.4. The van der Waals surface area contributed by atoms with Crippen LogP contribution in [-0.2, 0) is 0 Å². The number of hydrogen-bond donors (Lipinski definition) is 0. The van der Waals surface area contributed by atoms with Gasteiger partial charge >= 0.3 is 0 Å². The Morgan fingerprint density at radius 2 is 2.26 bits per heavy atom. The van der Waals surface area contributed by atoms with Crippen LogP contribution in [0.5, 0.6) is 0 Å². The summed E-state index contributed by atoms with van der Waals surface area (Å²) in [5, 5.41) is 13.0. The average Bonchev–Trinajstić information content (AvgIpc) is 2.80. The molecule has 19 heavy (non-hydrogen) atoms. The molecular weight excluding hydrogens is 240 g/mol. The zero-order chi connectivity index (χ0) is 13.8. The first kappa shape index (κ1) is 13.3. The maximum absolute atomic E-state index is 8.80. The Morgan fingerprint density at radius 3 is 2.95 bits per heavy atom. The van der Waals surface area contributed by atoms with Gasteiger partial charge in [-0.05, 0) is 12.8 Å². The molecule has 0 spiro atoms. The Hall–Kier alpha value is -2.16. The minimum atomic E-state index is 0.490. The van der Waals surface area contributed by atoms with Crippen molar-refractivity contribution >= 4 is 11.6 Å². The number of rotatable bonds is 5. The highest BCUT2D eigenvalue weighted by Crippen LogP contribution is 2.17. The van der Waals surface area contributed by atoms with Gasteiger partial charge in [-0.1, -0.05) is 13.8 Å². The molecule has 0 amide bonds. The van der Waals surface area contributed by atoms with E-state index in [4.69, 9.17) is 5.26 Å². The predicted octanol–water partition coefficient (Wildman–Crippen LogP) is 1.81. The van der Waals surface area contributed by atoms with E-state index in [2.05, 4.69) is 39.9 Å². The van der Waals surface area contributed by atoms with Gasteiger partial charge in [-0.15, -0.1) is 0 Å². The lowest BCUT2D eigenvalue weighted by atomic mass is 10.2. The van der Waals surface area contributed by atoms with Gasteiger partial charge in [0.25, 0.3) is 5.78 Å². The van der Waals surface area contributed by atoms with Crippen molar-refractivity contribution in [2.75, 3.05) is 18.0 Å². The highest BCUT2D eigenvalue weighted by Gasteiger charge is 2.14. The molecule has 0 N–H and O–H groups in total. The second kappa shape index (κ2) is 5.65. The van der Waals surface area contributed by atoms with E-state index >= 15 is 0 Å². The number of aryl methyl sites for hydroxylation is 1. The van der Waals surface area contributed by atoms with Crippen molar-refractivity contribution in [2.45, 2.75) is 27.2 Å². The van der Waals surface area contributed by atoms with E-state index in [0.29, 0.717) is 24.7 Å². The van der Waals surface area contributed by atoms with Crippen LogP contribution in [0, 0.1) is 24.2 Å². The summed E-state index contributed by atoms with van der Waals surface area (Å²) >= 11 is 0. The van der Waals surface area contributed by atoms with E-state index in [1.807, 2.05) is 13.0 Å². The molecule has 0 saturated heterocycles. The maximum Gasteiger partial charge on any atom is 0.254 e. The van der Waals surface area contributed by atoms with Crippen molar-refractivity contribution in [2.24, 2.45) is 5.92 Å². The molecule has 2 heterocycles. The molecule has 2 rings (SSSR count). The van der Waals surface area contributed by atoms with Gasteiger partial charge in [0, 0.05) is 24.8 Å². The van der Waals surface area contributed by atoms with E-state index in [-0.39, 0.29) is 0 Å². The molecule has 2 aromatic rings. The summed E-state index contributed by atoms with van der Waals surface area (Å²) in [6.45, 7) is 7.82. The fraction of sp³-hybridized carbons (Fsp3) is 0.538. The Kier molecular flexibility index (Phi) is 3.95. The number of fused-ring (bicyclic) bond motifs is 1. The number of aromatic nitrogens is 4. The van der Waals surface area contributed by atoms with Gasteiger partial charge in [0.2, 0.25) is 0 Å². The summed E-state index contributed by atoms with van der Waals surface area (Å²) in [6.07, 6.45) is 1.99. The van der Waals surface area contributed by atoms with Crippen molar-refractivity contribution in [1.82, 2.24) is 19.6 Å². The Labute approximate surface area is 112 Å². The molecule has 2 aromatic heterocycles. The summed E-state index contributed by atoms with van der Waals surface area (Å²) in [6, 6.07) is 4.18. The van der Waals surface area contributed by atoms with Gasteiger partial charge in [-0.2, -0.15) is 19.9 Å². The second-order valence-corrected chi connectivity index (χ2v) is 4.98. The van der Waals surface area contributed by atoms with Gasteiger partial charge in [-0.25, -0.2) is 4.98 Å². The Balaban J connectivity index is 2.42. The van der Waals surface area contributed by atoms with E-state index < -0.39 is 0 Å². The summed E-state index contributed by atoms with van der Waals surface area (Å²) in [7, 11) is 0. The van der Waals surface area contributed by atoms with Crippen LogP contribution in [-0.4, -0.2) is 32.7 Å². The molecule has 0 aliphatic carbocycles. The van der Waals surface area contributed by atoms with Crippen molar-refractivity contribution in [3.8, 4) is 6.07 Å². The topological polar surface area (TPSA) is 70.1 Å². The van der Waals surface area contributed by atoms with Gasteiger partial charge < -0.3 is 4.90 Å². The first-order chi connectivity index (χ1) is 9.11. The molecule has 0 unspecified atom stereocenters. The van der Waals surface area contributed by atoms with Crippen LogP contribution in [0.4, 0.5) is 5.82 Å². The average molecular weight is 258 g/mol. The van der Waals surface area contributed by atoms with Gasteiger partial charge in [-0.3, -0.25) is 0 Å². The molecule has 100 valence electrons. The molecule has 0 atom stereocenters. The minimum absolute atomic E-state index is 0.490. The van der Waals surface area contributed by atoms with Crippen LogP contribution >= 0.6 is 0 Å². The summed E-state index contributed by atoms with van der Waals surface area (Å²) < 4.78 is 1.73. The molecule has 0 aromatic carbocycles. The standard InChI is InChI=1S/C13H18N6/c1-10(2)8-18(6-4-5-14)12-7-11(3)17-13-15-9-16-19(12)13/h7,9-10H,4,6,8H2,1-3H3. The summed E-state index contributed by atoms with van der Waals surface area (Å²) in [5.41, 5.74) is 0.904. The zero-order valence-electron chi connectivity index (χ0n) is 11.5. The van der Waals surface area contributed by atoms with Crippen LogP contribution in [0.2, 0.25) is 0 Å². The lowest BCUT2D eigenvalue weighted by Crippen LogP contribution is -2.30. The van der Waals surface area contributed by atoms with E-state index in [0.717, 1.165) is 18.1 Å². The highest BCUT2D eigenvalue weighted by molar-refractivity contribution is 5.47. The zero-order valence-corrected chi connectivity index (χ0v) is 11.5. The lowest BCUT2D eigenvalue weighted by molar-refractivity contribution is 0.601. The monoisotopic (exact) mass is 258 g/mol. The van der Waals surface area contributed by atoms with E-state index in [1.165, 1.54) is 6.33 Å². The normalized spacial score (nSPS) is 10.9. The third kappa shape index (κ3) is 2.99. The molecule has 0 aliphatic rings. The van der Waals surface area contributed by atoms with Gasteiger partial charge in [0.15, 0.2) is 0 Å². The van der Waals surface area contributed by atoms with Crippen LogP contribution in [0.1, 0.15) is 26.0 Å². The molecule has 0 radical (unpaired) electrons. The molecule has 0 fully saturated rings. The van der Waals surface area contributed by atoms with Crippen molar-refractivity contribution < 1.29 is 0 Å². The molecule has 0 bridgehead atoms. The van der Waals surface area contributed by atoms with Crippen LogP contribution in [0.25, 0.3) is 5.78 Å². The summed E-state index contributed by atoms with van der Waals surface area (Å²) in [4.78, 5) is 10.6. The fourth-order valence-corrected chi connectivity index (χ4v) is 2.06. The third-order valence-corrected chi connectivity index (χ3v) is 2.76. The predicted molar refractivity (Wildman–Crippen MR) is 72.8 cm³/mol. The van der Waals surface area contributed by atoms with Crippen LogP contribution in [0.3, 0.4) is 0 Å². The molecule has 0 saturated carbocycles. The Morgan fingerprint density at radius 1 is 1.47 bits per heavy atom. The first-order valence-corrected chi connectivity index (χ1v) is 6.41. The SMILES string of the molecule is Cc1cc(N(CCC#N)CC(C)C)n2ncnc2n1. The maximum atomic E-state index is 8.80. The molecule has 0 aliphatic heterocycles. The molecule has 6 nitrogen and oxygen atoms in total. The number of nitrogens with zero attached hydrogens (tertiary/aromatic N) is 6. The van der Waals surface area contributed by atoms with Gasteiger partial charge in [0.05, 0.1) is 12.5 Å². The van der Waals surface area contributed by atoms with E-state index in [1.54, 1.807) is 4.52 Å². The number of nitriles is 1. The summed E-state index contributed by atoms with van der Waals surface area (Å²) in [5.74, 6) is 2.05. The molecule has 6 heteroatoms. The third-order valence-electron chi connectivity index (χ3n) is 2.76. The van der Waals surface area contributed by atoms with Gasteiger partial charge in [0.1, 0.15) is 12.1 Å².